The van der Waals surface area contributed by atoms with Crippen LogP contribution in [0, 0.1) is 0 Å². The number of hydrogen-bond acceptors (Lipinski definition) is 4. The number of hydrogen-bond donors (Lipinski definition) is 0. The first kappa shape index (κ1) is 12.8. The molecule has 5 nitrogen and oxygen atoms in total. The fourth-order valence-electron chi connectivity index (χ4n) is 1.98. The van der Waals surface area contributed by atoms with Gasteiger partial charge in [-0.25, -0.2) is 9.97 Å². The molecule has 0 unspecified atom stereocenters. The van der Waals surface area contributed by atoms with Crippen LogP contribution in [-0.2, 0) is 0 Å². The molecule has 3 aromatic rings. The van der Waals surface area contributed by atoms with Gasteiger partial charge < -0.3 is 4.74 Å². The minimum atomic E-state index is -0.206. The van der Waals surface area contributed by atoms with Crippen LogP contribution in [0.5, 0.6) is 5.88 Å². The van der Waals surface area contributed by atoms with Gasteiger partial charge in [-0.3, -0.25) is 9.36 Å². The lowest BCUT2D eigenvalue weighted by Gasteiger charge is -2.09. The van der Waals surface area contributed by atoms with Gasteiger partial charge in [0.2, 0.25) is 5.88 Å². The molecule has 3 rings (SSSR count). The Balaban J connectivity index is 2.30. The Morgan fingerprint density at radius 1 is 1.15 bits per heavy atom. The predicted octanol–water partition coefficient (Wildman–Crippen LogP) is 2.55. The first-order valence-corrected chi connectivity index (χ1v) is 6.66. The Bertz CT molecular complexity index is 828. The summed E-state index contributed by atoms with van der Waals surface area (Å²) < 4.78 is 7.47. The van der Waals surface area contributed by atoms with Gasteiger partial charge in [0.05, 0.1) is 36.2 Å². The number of methoxy groups -OCH3 is 1. The van der Waals surface area contributed by atoms with Gasteiger partial charge in [0.15, 0.2) is 0 Å². The van der Waals surface area contributed by atoms with Crippen molar-refractivity contribution >= 4 is 27.0 Å². The topological polar surface area (TPSA) is 57.0 Å². The zero-order chi connectivity index (χ0) is 14.1. The zero-order valence-electron chi connectivity index (χ0n) is 10.6. The Labute approximate surface area is 123 Å². The standard InChI is InChI=1S/C14H10BrN3O2/c1-20-13-5-3-10(7-17-13)18-12-6-9(15)2-4-11(12)16-8-14(18)19/h2-8H,1H3. The molecule has 0 amide bonds. The monoisotopic (exact) mass is 331 g/mol. The van der Waals surface area contributed by atoms with Crippen LogP contribution in [0.2, 0.25) is 0 Å². The Kier molecular flexibility index (Phi) is 3.23. The van der Waals surface area contributed by atoms with Crippen LogP contribution in [-0.4, -0.2) is 21.6 Å². The van der Waals surface area contributed by atoms with Crippen LogP contribution < -0.4 is 10.3 Å². The van der Waals surface area contributed by atoms with E-state index in [1.807, 2.05) is 18.2 Å². The minimum absolute atomic E-state index is 0.206. The lowest BCUT2D eigenvalue weighted by Crippen LogP contribution is -2.18. The SMILES string of the molecule is COc1ccc(-n2c(=O)cnc3ccc(Br)cc32)cn1. The molecular formula is C14H10BrN3O2. The molecule has 1 aromatic carbocycles. The molecular weight excluding hydrogens is 322 g/mol. The molecule has 0 radical (unpaired) electrons. The van der Waals surface area contributed by atoms with Crippen molar-refractivity contribution in [3.8, 4) is 11.6 Å². The second-order valence-corrected chi connectivity index (χ2v) is 5.04. The molecule has 0 bridgehead atoms. The summed E-state index contributed by atoms with van der Waals surface area (Å²) in [7, 11) is 1.55. The zero-order valence-corrected chi connectivity index (χ0v) is 12.2. The molecule has 100 valence electrons. The van der Waals surface area contributed by atoms with Crippen molar-refractivity contribution < 1.29 is 4.74 Å². The normalized spacial score (nSPS) is 10.7. The molecule has 0 N–H and O–H groups in total. The summed E-state index contributed by atoms with van der Waals surface area (Å²) in [6.45, 7) is 0. The van der Waals surface area contributed by atoms with E-state index in [9.17, 15) is 4.79 Å². The second kappa shape index (κ2) is 5.05. The number of pyridine rings is 1. The smallest absolute Gasteiger partial charge is 0.274 e. The molecule has 0 aliphatic carbocycles. The first-order valence-electron chi connectivity index (χ1n) is 5.87. The summed E-state index contributed by atoms with van der Waals surface area (Å²) in [5, 5.41) is 0. The fraction of sp³-hybridized carbons (Fsp3) is 0.0714. The van der Waals surface area contributed by atoms with Crippen LogP contribution in [0.15, 0.2) is 52.0 Å². The third-order valence-electron chi connectivity index (χ3n) is 2.90. The number of aromatic nitrogens is 3. The van der Waals surface area contributed by atoms with E-state index in [1.165, 1.54) is 6.20 Å². The molecule has 6 heteroatoms. The van der Waals surface area contributed by atoms with Crippen molar-refractivity contribution in [2.24, 2.45) is 0 Å². The molecule has 0 saturated heterocycles. The third kappa shape index (κ3) is 2.18. The van der Waals surface area contributed by atoms with Gasteiger partial charge in [-0.05, 0) is 24.3 Å². The lowest BCUT2D eigenvalue weighted by atomic mass is 10.3. The molecule has 2 heterocycles. The maximum Gasteiger partial charge on any atom is 0.274 e. The van der Waals surface area contributed by atoms with Gasteiger partial charge in [0.1, 0.15) is 0 Å². The number of rotatable bonds is 2. The van der Waals surface area contributed by atoms with Crippen molar-refractivity contribution in [2.45, 2.75) is 0 Å². The van der Waals surface area contributed by atoms with E-state index in [0.29, 0.717) is 11.6 Å². The van der Waals surface area contributed by atoms with E-state index in [4.69, 9.17) is 4.74 Å². The van der Waals surface area contributed by atoms with Crippen molar-refractivity contribution in [3.63, 3.8) is 0 Å². The van der Waals surface area contributed by atoms with Gasteiger partial charge in [-0.2, -0.15) is 0 Å². The van der Waals surface area contributed by atoms with Crippen molar-refractivity contribution in [3.05, 3.63) is 57.6 Å². The summed E-state index contributed by atoms with van der Waals surface area (Å²) in [4.78, 5) is 20.4. The summed E-state index contributed by atoms with van der Waals surface area (Å²) >= 11 is 3.41. The van der Waals surface area contributed by atoms with E-state index in [1.54, 1.807) is 30.0 Å². The first-order chi connectivity index (χ1) is 9.69. The van der Waals surface area contributed by atoms with E-state index >= 15 is 0 Å². The summed E-state index contributed by atoms with van der Waals surface area (Å²) in [5.74, 6) is 0.501. The van der Waals surface area contributed by atoms with Gasteiger partial charge in [0, 0.05) is 10.5 Å². The Morgan fingerprint density at radius 3 is 2.70 bits per heavy atom. The van der Waals surface area contributed by atoms with Gasteiger partial charge in [0.25, 0.3) is 5.56 Å². The second-order valence-electron chi connectivity index (χ2n) is 4.12. The largest absolute Gasteiger partial charge is 0.481 e. The predicted molar refractivity (Wildman–Crippen MR) is 79.4 cm³/mol. The Morgan fingerprint density at radius 2 is 2.00 bits per heavy atom. The van der Waals surface area contributed by atoms with Crippen LogP contribution in [0.3, 0.4) is 0 Å². The van der Waals surface area contributed by atoms with Crippen LogP contribution >= 0.6 is 15.9 Å². The van der Waals surface area contributed by atoms with Gasteiger partial charge >= 0.3 is 0 Å². The Hall–Kier alpha value is -2.21. The van der Waals surface area contributed by atoms with E-state index in [-0.39, 0.29) is 5.56 Å². The van der Waals surface area contributed by atoms with E-state index in [0.717, 1.165) is 15.5 Å². The number of benzene rings is 1. The minimum Gasteiger partial charge on any atom is -0.481 e. The van der Waals surface area contributed by atoms with Gasteiger partial charge in [-0.15, -0.1) is 0 Å². The van der Waals surface area contributed by atoms with E-state index in [2.05, 4.69) is 25.9 Å². The number of nitrogens with zero attached hydrogens (tertiary/aromatic N) is 3. The third-order valence-corrected chi connectivity index (χ3v) is 3.39. The summed E-state index contributed by atoms with van der Waals surface area (Å²) in [5.41, 5.74) is 1.92. The highest BCUT2D eigenvalue weighted by atomic mass is 79.9. The molecule has 0 aliphatic rings. The highest BCUT2D eigenvalue weighted by Gasteiger charge is 2.07. The maximum atomic E-state index is 12.1. The van der Waals surface area contributed by atoms with Crippen molar-refractivity contribution in [1.82, 2.24) is 14.5 Å². The number of halogens is 1. The van der Waals surface area contributed by atoms with Crippen LogP contribution in [0.25, 0.3) is 16.7 Å². The molecule has 0 fully saturated rings. The average Bonchev–Trinajstić information content (AvgIpc) is 2.47. The molecule has 0 aliphatic heterocycles. The maximum absolute atomic E-state index is 12.1. The number of ether oxygens (including phenoxy) is 1. The highest BCUT2D eigenvalue weighted by Crippen LogP contribution is 2.20. The van der Waals surface area contributed by atoms with Gasteiger partial charge in [-0.1, -0.05) is 15.9 Å². The van der Waals surface area contributed by atoms with Crippen molar-refractivity contribution in [2.75, 3.05) is 7.11 Å². The van der Waals surface area contributed by atoms with Crippen LogP contribution in [0.4, 0.5) is 0 Å². The highest BCUT2D eigenvalue weighted by molar-refractivity contribution is 9.10. The molecule has 0 saturated carbocycles. The molecule has 0 atom stereocenters. The quantitative estimate of drug-likeness (QED) is 0.724. The average molecular weight is 332 g/mol. The summed E-state index contributed by atoms with van der Waals surface area (Å²) in [6, 6.07) is 9.09. The van der Waals surface area contributed by atoms with Crippen LogP contribution in [0.1, 0.15) is 0 Å². The number of fused-ring (bicyclic) bond motifs is 1. The fourth-order valence-corrected chi connectivity index (χ4v) is 2.33. The molecule has 2 aromatic heterocycles. The van der Waals surface area contributed by atoms with Crippen molar-refractivity contribution in [1.29, 1.82) is 0 Å². The summed E-state index contributed by atoms with van der Waals surface area (Å²) in [6.07, 6.45) is 2.90. The molecule has 20 heavy (non-hydrogen) atoms. The lowest BCUT2D eigenvalue weighted by molar-refractivity contribution is 0.398. The molecule has 0 spiro atoms. The van der Waals surface area contributed by atoms with E-state index < -0.39 is 0 Å².